The van der Waals surface area contributed by atoms with Crippen molar-refractivity contribution in [1.29, 1.82) is 0 Å². The fourth-order valence-corrected chi connectivity index (χ4v) is 6.46. The van der Waals surface area contributed by atoms with Crippen LogP contribution in [-0.4, -0.2) is 61.1 Å². The molecule has 2 aliphatic rings. The Morgan fingerprint density at radius 2 is 1.72 bits per heavy atom. The molecule has 53 heavy (non-hydrogen) atoms. The number of azide groups is 1. The summed E-state index contributed by atoms with van der Waals surface area (Å²) in [5.41, 5.74) is 9.59. The van der Waals surface area contributed by atoms with Crippen LogP contribution in [0.2, 0.25) is 5.02 Å². The Bertz CT molecular complexity index is 1730. The Morgan fingerprint density at radius 1 is 1.04 bits per heavy atom. The number of esters is 1. The minimum Gasteiger partial charge on any atom is -0.495 e. The van der Waals surface area contributed by atoms with Gasteiger partial charge in [-0.3, -0.25) is 14.4 Å². The number of nitrogens with one attached hydrogen (secondary N) is 3. The molecule has 0 aliphatic carbocycles. The number of carbonyl (C=O) groups is 4. The smallest absolute Gasteiger partial charge is 0.328 e. The summed E-state index contributed by atoms with van der Waals surface area (Å²) < 4.78 is 17.5. The van der Waals surface area contributed by atoms with E-state index in [-0.39, 0.29) is 42.9 Å². The second-order valence-corrected chi connectivity index (χ2v) is 16.0. The van der Waals surface area contributed by atoms with Gasteiger partial charge in [-0.2, -0.15) is 0 Å². The third kappa shape index (κ3) is 11.2. The molecule has 3 amide bonds. The number of nitrogens with zero attached hydrogens (tertiary/aromatic N) is 3. The van der Waals surface area contributed by atoms with Crippen LogP contribution in [0.4, 0.5) is 0 Å². The van der Waals surface area contributed by atoms with Crippen LogP contribution in [0.15, 0.2) is 59.7 Å². The summed E-state index contributed by atoms with van der Waals surface area (Å²) >= 11 is 6.36. The molecule has 0 saturated carbocycles. The van der Waals surface area contributed by atoms with Crippen molar-refractivity contribution in [3.8, 4) is 5.75 Å². The van der Waals surface area contributed by atoms with Crippen LogP contribution >= 0.6 is 11.6 Å². The monoisotopic (exact) mass is 750 g/mol. The Labute approximate surface area is 316 Å². The Morgan fingerprint density at radius 3 is 2.34 bits per heavy atom. The van der Waals surface area contributed by atoms with E-state index in [1.807, 2.05) is 52.0 Å². The molecular formula is C39H51ClN6O7. The van der Waals surface area contributed by atoms with Crippen LogP contribution in [0, 0.1) is 16.7 Å². The van der Waals surface area contributed by atoms with Crippen molar-refractivity contribution in [2.45, 2.75) is 111 Å². The second kappa shape index (κ2) is 17.5. The molecule has 2 aromatic carbocycles. The standard InChI is InChI=1S/C39H51ClN6O7/c1-22(33-34(53-33)26-15-12-24(13-16-26)21-42-46-41)30-10-9-11-32(47)44-28(19-25-14-17-31(51-8)27(40)18-25)35(48)43-23(2)39(6,7)37(50)45-29(36(49)52-30)20-38(3,4)5/h9,11-18,22-23,28-30,33-34H,10,19-21H2,1-8H3,(H,43,48)(H,44,47)(H,45,50)/b11-9+/t22-,23?,28+,29-,30-,33+,34+/m0/s1. The van der Waals surface area contributed by atoms with E-state index in [0.29, 0.717) is 22.8 Å². The SMILES string of the molecule is COc1ccc(C[C@H]2NC(=O)/C=C/C[C@@H]([C@H](C)[C@H]3O[C@@H]3c3ccc(CN=[N+]=[N-])cc3)OC(=O)[C@H](CC(C)(C)C)NC(=O)C(C)(C)C(C)NC2=O)cc1Cl. The van der Waals surface area contributed by atoms with E-state index in [4.69, 9.17) is 31.3 Å². The molecule has 13 nitrogen and oxygen atoms in total. The first kappa shape index (κ1) is 41.2. The van der Waals surface area contributed by atoms with Gasteiger partial charge in [-0.15, -0.1) is 0 Å². The molecule has 3 N–H and O–H groups in total. The van der Waals surface area contributed by atoms with Gasteiger partial charge in [0, 0.05) is 29.7 Å². The highest BCUT2D eigenvalue weighted by molar-refractivity contribution is 6.32. The zero-order chi connectivity index (χ0) is 39.1. The van der Waals surface area contributed by atoms with Crippen molar-refractivity contribution in [3.05, 3.63) is 86.8 Å². The van der Waals surface area contributed by atoms with E-state index < -0.39 is 53.3 Å². The quantitative estimate of drug-likeness (QED) is 0.0885. The van der Waals surface area contributed by atoms with Crippen LogP contribution in [-0.2, 0) is 41.6 Å². The molecule has 0 bridgehead atoms. The molecule has 2 aromatic rings. The van der Waals surface area contributed by atoms with Crippen LogP contribution in [0.1, 0.15) is 84.1 Å². The highest BCUT2D eigenvalue weighted by Gasteiger charge is 2.48. The number of halogens is 1. The largest absolute Gasteiger partial charge is 0.495 e. The highest BCUT2D eigenvalue weighted by atomic mass is 35.5. The first-order valence-electron chi connectivity index (χ1n) is 17.8. The first-order chi connectivity index (χ1) is 24.9. The summed E-state index contributed by atoms with van der Waals surface area (Å²) in [7, 11) is 1.50. The van der Waals surface area contributed by atoms with Crippen molar-refractivity contribution < 1.29 is 33.4 Å². The van der Waals surface area contributed by atoms with Crippen LogP contribution in [0.5, 0.6) is 5.75 Å². The van der Waals surface area contributed by atoms with E-state index in [1.54, 1.807) is 45.0 Å². The molecular weight excluding hydrogens is 700 g/mol. The maximum atomic E-state index is 14.0. The fraction of sp³-hybridized carbons (Fsp3) is 0.538. The number of benzene rings is 2. The molecule has 7 atom stereocenters. The number of epoxide rings is 1. The van der Waals surface area contributed by atoms with Crippen LogP contribution in [0.3, 0.4) is 0 Å². The van der Waals surface area contributed by atoms with Gasteiger partial charge in [0.05, 0.1) is 30.2 Å². The van der Waals surface area contributed by atoms with Crippen LogP contribution in [0.25, 0.3) is 10.4 Å². The molecule has 286 valence electrons. The number of methoxy groups -OCH3 is 1. The zero-order valence-corrected chi connectivity index (χ0v) is 32.4. The lowest BCUT2D eigenvalue weighted by Gasteiger charge is -2.35. The van der Waals surface area contributed by atoms with E-state index in [9.17, 15) is 19.2 Å². The number of hydrogen-bond donors (Lipinski definition) is 3. The molecule has 1 fully saturated rings. The normalized spacial score (nSPS) is 26.5. The van der Waals surface area contributed by atoms with Gasteiger partial charge in [-0.05, 0) is 73.0 Å². The van der Waals surface area contributed by atoms with Crippen molar-refractivity contribution in [3.63, 3.8) is 0 Å². The summed E-state index contributed by atoms with van der Waals surface area (Å²) in [6, 6.07) is 10.0. The zero-order valence-electron chi connectivity index (χ0n) is 31.6. The van der Waals surface area contributed by atoms with Gasteiger partial charge in [0.15, 0.2) is 0 Å². The summed E-state index contributed by atoms with van der Waals surface area (Å²) in [6.07, 6.45) is 2.27. The van der Waals surface area contributed by atoms with E-state index in [2.05, 4.69) is 26.0 Å². The number of cyclic esters (lactones) is 1. The van der Waals surface area contributed by atoms with E-state index in [1.165, 1.54) is 13.2 Å². The molecule has 0 spiro atoms. The molecule has 2 heterocycles. The predicted molar refractivity (Wildman–Crippen MR) is 201 cm³/mol. The minimum atomic E-state index is -1.17. The average Bonchev–Trinajstić information content (AvgIpc) is 3.89. The topological polar surface area (TPSA) is 184 Å². The minimum absolute atomic E-state index is 0.117. The van der Waals surface area contributed by atoms with Gasteiger partial charge in [0.25, 0.3) is 0 Å². The first-order valence-corrected chi connectivity index (χ1v) is 18.2. The molecule has 1 unspecified atom stereocenters. The van der Waals surface area contributed by atoms with E-state index >= 15 is 0 Å². The number of hydrogen-bond acceptors (Lipinski definition) is 8. The molecule has 1 saturated heterocycles. The average molecular weight is 751 g/mol. The van der Waals surface area contributed by atoms with Crippen LogP contribution < -0.4 is 20.7 Å². The van der Waals surface area contributed by atoms with Gasteiger partial charge in [-0.25, -0.2) is 4.79 Å². The number of amides is 3. The Balaban J connectivity index is 1.64. The lowest BCUT2D eigenvalue weighted by atomic mass is 9.82. The third-order valence-electron chi connectivity index (χ3n) is 9.88. The van der Waals surface area contributed by atoms with Gasteiger partial charge in [-0.1, -0.05) is 80.8 Å². The number of rotatable bonds is 9. The highest BCUT2D eigenvalue weighted by Crippen LogP contribution is 2.45. The molecule has 0 aromatic heterocycles. The van der Waals surface area contributed by atoms with Gasteiger partial charge in [0.1, 0.15) is 30.0 Å². The molecule has 0 radical (unpaired) electrons. The van der Waals surface area contributed by atoms with E-state index in [0.717, 1.165) is 11.1 Å². The molecule has 2 aliphatic heterocycles. The molecule has 14 heteroatoms. The second-order valence-electron chi connectivity index (χ2n) is 15.6. The number of carbonyl (C=O) groups excluding carboxylic acids is 4. The third-order valence-corrected chi connectivity index (χ3v) is 10.2. The van der Waals surface area contributed by atoms with Gasteiger partial charge < -0.3 is 30.2 Å². The lowest BCUT2D eigenvalue weighted by molar-refractivity contribution is -0.157. The van der Waals surface area contributed by atoms with Crippen molar-refractivity contribution >= 4 is 35.3 Å². The predicted octanol–water partition coefficient (Wildman–Crippen LogP) is 6.29. The summed E-state index contributed by atoms with van der Waals surface area (Å²) in [5, 5.41) is 12.6. The lowest BCUT2D eigenvalue weighted by Crippen LogP contribution is -2.58. The summed E-state index contributed by atoms with van der Waals surface area (Å²) in [4.78, 5) is 57.8. The fourth-order valence-electron chi connectivity index (χ4n) is 6.18. The number of ether oxygens (including phenoxy) is 3. The van der Waals surface area contributed by atoms with Gasteiger partial charge in [0.2, 0.25) is 17.7 Å². The van der Waals surface area contributed by atoms with Crippen molar-refractivity contribution in [1.82, 2.24) is 16.0 Å². The molecule has 4 rings (SSSR count). The van der Waals surface area contributed by atoms with Gasteiger partial charge >= 0.3 is 5.97 Å². The summed E-state index contributed by atoms with van der Waals surface area (Å²) in [6.45, 7) is 13.2. The maximum absolute atomic E-state index is 14.0. The van der Waals surface area contributed by atoms with Crippen molar-refractivity contribution in [2.75, 3.05) is 7.11 Å². The summed E-state index contributed by atoms with van der Waals surface area (Å²) in [5.74, 6) is -1.88. The Hall–Kier alpha value is -4.58. The Kier molecular flexibility index (Phi) is 13.6. The maximum Gasteiger partial charge on any atom is 0.328 e. The van der Waals surface area contributed by atoms with Crippen molar-refractivity contribution in [2.24, 2.45) is 21.9 Å².